The van der Waals surface area contributed by atoms with Gasteiger partial charge in [0.25, 0.3) is 0 Å². The zero-order valence-electron chi connectivity index (χ0n) is 12.3. The van der Waals surface area contributed by atoms with Crippen LogP contribution in [0.2, 0.25) is 0 Å². The van der Waals surface area contributed by atoms with Crippen molar-refractivity contribution in [2.24, 2.45) is 0 Å². The fourth-order valence-corrected chi connectivity index (χ4v) is 3.58. The molecule has 1 fully saturated rings. The van der Waals surface area contributed by atoms with Crippen molar-refractivity contribution in [1.82, 2.24) is 14.8 Å². The number of nitrogens with zero attached hydrogens (tertiary/aromatic N) is 2. The largest absolute Gasteiger partial charge is 0.491 e. The summed E-state index contributed by atoms with van der Waals surface area (Å²) >= 11 is 3.55. The Morgan fingerprint density at radius 1 is 1.30 bits per heavy atom. The molecular weight excluding hydrogens is 360 g/mol. The smallest absolute Gasteiger partial charge is 0.132 e. The van der Waals surface area contributed by atoms with Crippen LogP contribution in [0.5, 0.6) is 5.75 Å². The molecule has 6 nitrogen and oxygen atoms in total. The molecule has 118 valence electrons. The normalized spacial score (nSPS) is 17.4. The summed E-state index contributed by atoms with van der Waals surface area (Å²) in [4.78, 5) is 3.51. The Morgan fingerprint density at radius 2 is 2.22 bits per heavy atom. The maximum atomic E-state index is 5.87. The maximum absolute atomic E-state index is 5.87. The van der Waals surface area contributed by atoms with Crippen LogP contribution >= 0.6 is 15.9 Å². The molecular formula is C16H15BrN4O2. The summed E-state index contributed by atoms with van der Waals surface area (Å²) in [6.07, 6.45) is 3.98. The van der Waals surface area contributed by atoms with Gasteiger partial charge in [0, 0.05) is 22.8 Å². The molecule has 1 saturated heterocycles. The second-order valence-corrected chi connectivity index (χ2v) is 6.79. The summed E-state index contributed by atoms with van der Waals surface area (Å²) in [6, 6.07) is 4.45. The van der Waals surface area contributed by atoms with Gasteiger partial charge in [-0.25, -0.2) is 0 Å². The van der Waals surface area contributed by atoms with Crippen molar-refractivity contribution in [3.05, 3.63) is 29.0 Å². The quantitative estimate of drug-likeness (QED) is 0.722. The number of anilines is 1. The Kier molecular flexibility index (Phi) is 2.93. The molecule has 0 bridgehead atoms. The van der Waals surface area contributed by atoms with E-state index in [1.54, 1.807) is 0 Å². The zero-order valence-corrected chi connectivity index (χ0v) is 13.9. The van der Waals surface area contributed by atoms with E-state index in [4.69, 9.17) is 9.47 Å². The fraction of sp³-hybridized carbons (Fsp3) is 0.312. The lowest BCUT2D eigenvalue weighted by Crippen LogP contribution is -2.30. The molecule has 0 spiro atoms. The van der Waals surface area contributed by atoms with Crippen LogP contribution < -0.4 is 10.1 Å². The Labute approximate surface area is 140 Å². The first-order valence-corrected chi connectivity index (χ1v) is 8.43. The predicted octanol–water partition coefficient (Wildman–Crippen LogP) is 3.17. The molecule has 0 unspecified atom stereocenters. The Morgan fingerprint density at radius 3 is 3.04 bits per heavy atom. The molecule has 2 aliphatic heterocycles. The van der Waals surface area contributed by atoms with Crippen molar-refractivity contribution in [2.45, 2.75) is 6.04 Å². The van der Waals surface area contributed by atoms with Crippen LogP contribution in [0.25, 0.3) is 22.2 Å². The minimum atomic E-state index is 0.355. The third-order valence-corrected chi connectivity index (χ3v) is 4.83. The SMILES string of the molecule is Brc1cc2c3c(c(-c4cnn(C5COC5)c4)[nH]c3c1)NCCO2. The molecule has 0 aliphatic carbocycles. The predicted molar refractivity (Wildman–Crippen MR) is 91.1 cm³/mol. The van der Waals surface area contributed by atoms with Crippen LogP contribution in [0, 0.1) is 0 Å². The number of ether oxygens (including phenoxy) is 2. The molecule has 2 aromatic heterocycles. The van der Waals surface area contributed by atoms with E-state index in [2.05, 4.69) is 43.6 Å². The monoisotopic (exact) mass is 374 g/mol. The van der Waals surface area contributed by atoms with Gasteiger partial charge in [0.05, 0.1) is 47.7 Å². The zero-order chi connectivity index (χ0) is 15.4. The van der Waals surface area contributed by atoms with E-state index in [1.165, 1.54) is 0 Å². The number of aromatic nitrogens is 3. The summed E-state index contributed by atoms with van der Waals surface area (Å²) in [5, 5.41) is 9.08. The lowest BCUT2D eigenvalue weighted by Gasteiger charge is -2.25. The van der Waals surface area contributed by atoms with Crippen LogP contribution in [-0.4, -0.2) is 41.1 Å². The number of hydrogen-bond acceptors (Lipinski definition) is 4. The van der Waals surface area contributed by atoms with Gasteiger partial charge in [0.15, 0.2) is 0 Å². The molecule has 2 aliphatic rings. The van der Waals surface area contributed by atoms with Gasteiger partial charge in [-0.1, -0.05) is 15.9 Å². The maximum Gasteiger partial charge on any atom is 0.132 e. The first-order chi connectivity index (χ1) is 11.3. The summed E-state index contributed by atoms with van der Waals surface area (Å²) in [5.74, 6) is 0.900. The minimum absolute atomic E-state index is 0.355. The van der Waals surface area contributed by atoms with Gasteiger partial charge < -0.3 is 19.8 Å². The van der Waals surface area contributed by atoms with E-state index in [-0.39, 0.29) is 0 Å². The van der Waals surface area contributed by atoms with Gasteiger partial charge in [-0.3, -0.25) is 4.68 Å². The van der Waals surface area contributed by atoms with Crippen LogP contribution in [0.15, 0.2) is 29.0 Å². The average molecular weight is 375 g/mol. The van der Waals surface area contributed by atoms with Crippen molar-refractivity contribution in [3.8, 4) is 17.0 Å². The van der Waals surface area contributed by atoms with Crippen molar-refractivity contribution in [2.75, 3.05) is 31.7 Å². The number of hydrogen-bond donors (Lipinski definition) is 2. The van der Waals surface area contributed by atoms with E-state index < -0.39 is 0 Å². The molecule has 2 N–H and O–H groups in total. The Balaban J connectivity index is 1.68. The second kappa shape index (κ2) is 5.01. The Hall–Kier alpha value is -1.99. The van der Waals surface area contributed by atoms with E-state index in [1.807, 2.05) is 16.9 Å². The standard InChI is InChI=1S/C16H15BrN4O2/c17-10-3-12-14-13(4-10)23-2-1-18-16(14)15(20-12)9-5-19-21(6-9)11-7-22-8-11/h3-6,11,18,20H,1-2,7-8H2. The second-order valence-electron chi connectivity index (χ2n) is 5.88. The first kappa shape index (κ1) is 13.4. The Bertz CT molecular complexity index is 897. The highest BCUT2D eigenvalue weighted by Gasteiger charge is 2.24. The topological polar surface area (TPSA) is 64.1 Å². The summed E-state index contributed by atoms with van der Waals surface area (Å²) in [6.45, 7) is 2.91. The lowest BCUT2D eigenvalue weighted by molar-refractivity contribution is -0.0286. The number of benzene rings is 1. The van der Waals surface area contributed by atoms with E-state index in [0.717, 1.165) is 57.8 Å². The van der Waals surface area contributed by atoms with E-state index in [9.17, 15) is 0 Å². The van der Waals surface area contributed by atoms with Gasteiger partial charge in [-0.15, -0.1) is 0 Å². The average Bonchev–Trinajstić information content (AvgIpc) is 3.00. The van der Waals surface area contributed by atoms with Gasteiger partial charge in [0.1, 0.15) is 12.4 Å². The van der Waals surface area contributed by atoms with Crippen LogP contribution in [-0.2, 0) is 4.74 Å². The van der Waals surface area contributed by atoms with E-state index in [0.29, 0.717) is 12.6 Å². The molecule has 4 heterocycles. The number of rotatable bonds is 2. The number of H-pyrrole nitrogens is 1. The van der Waals surface area contributed by atoms with Crippen molar-refractivity contribution in [3.63, 3.8) is 0 Å². The lowest BCUT2D eigenvalue weighted by atomic mass is 10.1. The van der Waals surface area contributed by atoms with Crippen LogP contribution in [0.3, 0.4) is 0 Å². The molecule has 0 radical (unpaired) electrons. The third kappa shape index (κ3) is 2.07. The van der Waals surface area contributed by atoms with Crippen LogP contribution in [0.4, 0.5) is 5.69 Å². The number of nitrogens with one attached hydrogen (secondary N) is 2. The molecule has 1 aromatic carbocycles. The summed E-state index contributed by atoms with van der Waals surface area (Å²) < 4.78 is 14.1. The molecule has 23 heavy (non-hydrogen) atoms. The van der Waals surface area contributed by atoms with Crippen molar-refractivity contribution >= 4 is 32.5 Å². The molecule has 0 amide bonds. The third-order valence-electron chi connectivity index (χ3n) is 4.37. The summed E-state index contributed by atoms with van der Waals surface area (Å²) in [5.41, 5.74) is 4.26. The van der Waals surface area contributed by atoms with E-state index >= 15 is 0 Å². The van der Waals surface area contributed by atoms with Gasteiger partial charge in [-0.2, -0.15) is 5.10 Å². The number of halogens is 1. The number of aromatic amines is 1. The summed E-state index contributed by atoms with van der Waals surface area (Å²) in [7, 11) is 0. The van der Waals surface area contributed by atoms with Gasteiger partial charge in [-0.05, 0) is 12.1 Å². The first-order valence-electron chi connectivity index (χ1n) is 7.64. The highest BCUT2D eigenvalue weighted by Crippen LogP contribution is 2.42. The van der Waals surface area contributed by atoms with Crippen molar-refractivity contribution < 1.29 is 9.47 Å². The highest BCUT2D eigenvalue weighted by atomic mass is 79.9. The molecule has 0 atom stereocenters. The molecule has 5 rings (SSSR count). The van der Waals surface area contributed by atoms with Gasteiger partial charge in [0.2, 0.25) is 0 Å². The fourth-order valence-electron chi connectivity index (χ4n) is 3.15. The minimum Gasteiger partial charge on any atom is -0.491 e. The molecule has 0 saturated carbocycles. The van der Waals surface area contributed by atoms with Gasteiger partial charge >= 0.3 is 0 Å². The molecule has 3 aromatic rings. The van der Waals surface area contributed by atoms with Crippen molar-refractivity contribution in [1.29, 1.82) is 0 Å². The highest BCUT2D eigenvalue weighted by molar-refractivity contribution is 9.10. The molecule has 7 heteroatoms. The van der Waals surface area contributed by atoms with Crippen LogP contribution in [0.1, 0.15) is 6.04 Å².